The van der Waals surface area contributed by atoms with Crippen LogP contribution in [0.5, 0.6) is 0 Å². The zero-order chi connectivity index (χ0) is 11.2. The van der Waals surface area contributed by atoms with Gasteiger partial charge in [0.1, 0.15) is 0 Å². The third-order valence-corrected chi connectivity index (χ3v) is 4.28. The van der Waals surface area contributed by atoms with Gasteiger partial charge in [-0.1, -0.05) is 30.3 Å². The van der Waals surface area contributed by atoms with Crippen LogP contribution in [0.15, 0.2) is 30.3 Å². The fraction of sp³-hybridized carbons (Fsp3) is 0.500. The van der Waals surface area contributed by atoms with Crippen LogP contribution in [0.25, 0.3) is 0 Å². The van der Waals surface area contributed by atoms with Crippen molar-refractivity contribution in [1.82, 2.24) is 0 Å². The topological polar surface area (TPSA) is 37.3 Å². The number of fused-ring (bicyclic) bond motifs is 3. The van der Waals surface area contributed by atoms with Crippen LogP contribution in [0.3, 0.4) is 0 Å². The molecule has 4 rings (SSSR count). The highest BCUT2D eigenvalue weighted by atomic mass is 16.3. The summed E-state index contributed by atoms with van der Waals surface area (Å²) in [7, 11) is 0. The first-order chi connectivity index (χ1) is 7.73. The van der Waals surface area contributed by atoms with Crippen molar-refractivity contribution in [3.05, 3.63) is 35.9 Å². The largest absolute Gasteiger partial charge is 0.377 e. The van der Waals surface area contributed by atoms with Gasteiger partial charge in [0.15, 0.2) is 11.4 Å². The Labute approximate surface area is 95.3 Å². The third kappa shape index (κ3) is 1.20. The predicted octanol–water partition coefficient (Wildman–Crippen LogP) is 2.26. The molecule has 2 heteroatoms. The van der Waals surface area contributed by atoms with E-state index in [1.54, 1.807) is 0 Å². The Morgan fingerprint density at radius 1 is 1.06 bits per heavy atom. The van der Waals surface area contributed by atoms with Gasteiger partial charge in [-0.2, -0.15) is 0 Å². The van der Waals surface area contributed by atoms with E-state index in [1.807, 2.05) is 30.3 Å². The molecule has 0 aromatic heterocycles. The van der Waals surface area contributed by atoms with Crippen LogP contribution in [-0.2, 0) is 10.4 Å². The second-order valence-electron chi connectivity index (χ2n) is 5.05. The fourth-order valence-corrected chi connectivity index (χ4v) is 3.36. The lowest BCUT2D eigenvalue weighted by Gasteiger charge is -2.47. The molecule has 0 radical (unpaired) electrons. The van der Waals surface area contributed by atoms with Gasteiger partial charge in [0.05, 0.1) is 0 Å². The molecule has 3 saturated carbocycles. The highest BCUT2D eigenvalue weighted by Gasteiger charge is 2.53. The fourth-order valence-electron chi connectivity index (χ4n) is 3.36. The molecule has 16 heavy (non-hydrogen) atoms. The third-order valence-electron chi connectivity index (χ3n) is 4.28. The second-order valence-corrected chi connectivity index (χ2v) is 5.05. The Hall–Kier alpha value is -1.15. The van der Waals surface area contributed by atoms with Crippen LogP contribution in [0.2, 0.25) is 0 Å². The van der Waals surface area contributed by atoms with E-state index in [2.05, 4.69) is 0 Å². The summed E-state index contributed by atoms with van der Waals surface area (Å²) in [5.41, 5.74) is -0.406. The van der Waals surface area contributed by atoms with E-state index in [4.69, 9.17) is 0 Å². The molecule has 0 unspecified atom stereocenters. The zero-order valence-corrected chi connectivity index (χ0v) is 9.23. The Morgan fingerprint density at radius 2 is 1.69 bits per heavy atom. The van der Waals surface area contributed by atoms with Crippen LogP contribution in [0.4, 0.5) is 0 Å². The summed E-state index contributed by atoms with van der Waals surface area (Å²) in [4.78, 5) is 12.3. The molecule has 84 valence electrons. The summed E-state index contributed by atoms with van der Waals surface area (Å²) >= 11 is 0. The first-order valence-corrected chi connectivity index (χ1v) is 6.05. The Kier molecular flexibility index (Phi) is 2.15. The summed E-state index contributed by atoms with van der Waals surface area (Å²) in [6.07, 6.45) is 3.92. The average Bonchev–Trinajstić information content (AvgIpc) is 2.37. The number of rotatable bonds is 1. The van der Waals surface area contributed by atoms with E-state index >= 15 is 0 Å². The number of carbonyl (C=O) groups excluding carboxylic acids is 1. The van der Waals surface area contributed by atoms with Crippen molar-refractivity contribution >= 4 is 5.78 Å². The lowest BCUT2D eigenvalue weighted by molar-refractivity contribution is -0.163. The van der Waals surface area contributed by atoms with E-state index in [0.717, 1.165) is 31.2 Å². The SMILES string of the molecule is O=C1C2CCC(CC2)[C@]1(O)c1ccccc1. The molecule has 0 heterocycles. The van der Waals surface area contributed by atoms with Gasteiger partial charge >= 0.3 is 0 Å². The molecule has 2 bridgehead atoms. The van der Waals surface area contributed by atoms with Crippen molar-refractivity contribution in [2.45, 2.75) is 31.3 Å². The lowest BCUT2D eigenvalue weighted by Crippen LogP contribution is -2.53. The molecule has 1 aromatic carbocycles. The number of ketones is 1. The number of hydrogen-bond acceptors (Lipinski definition) is 2. The summed E-state index contributed by atoms with van der Waals surface area (Å²) in [5, 5.41) is 10.8. The maximum absolute atomic E-state index is 12.3. The van der Waals surface area contributed by atoms with Crippen molar-refractivity contribution in [1.29, 1.82) is 0 Å². The predicted molar refractivity (Wildman–Crippen MR) is 60.8 cm³/mol. The smallest absolute Gasteiger partial charge is 0.172 e. The molecule has 1 aromatic rings. The van der Waals surface area contributed by atoms with Gasteiger partial charge in [-0.05, 0) is 37.2 Å². The molecule has 1 N–H and O–H groups in total. The number of hydrogen-bond donors (Lipinski definition) is 1. The number of Topliss-reactive ketones (excluding diaryl/α,β-unsaturated/α-hetero) is 1. The van der Waals surface area contributed by atoms with E-state index in [9.17, 15) is 9.90 Å². The average molecular weight is 216 g/mol. The van der Waals surface area contributed by atoms with Crippen LogP contribution in [0, 0.1) is 11.8 Å². The van der Waals surface area contributed by atoms with Gasteiger partial charge in [-0.15, -0.1) is 0 Å². The first-order valence-electron chi connectivity index (χ1n) is 6.05. The molecule has 0 aliphatic heterocycles. The van der Waals surface area contributed by atoms with Gasteiger partial charge in [0.2, 0.25) is 0 Å². The normalized spacial score (nSPS) is 37.7. The summed E-state index contributed by atoms with van der Waals surface area (Å²) in [6, 6.07) is 9.45. The molecular formula is C14H16O2. The van der Waals surface area contributed by atoms with Crippen LogP contribution < -0.4 is 0 Å². The highest BCUT2D eigenvalue weighted by Crippen LogP contribution is 2.49. The van der Waals surface area contributed by atoms with Gasteiger partial charge in [-0.25, -0.2) is 0 Å². The molecule has 1 atom stereocenters. The Morgan fingerprint density at radius 3 is 2.25 bits per heavy atom. The van der Waals surface area contributed by atoms with E-state index in [0.29, 0.717) is 0 Å². The summed E-state index contributed by atoms with van der Waals surface area (Å²) in [6.45, 7) is 0. The number of benzene rings is 1. The highest BCUT2D eigenvalue weighted by molar-refractivity contribution is 5.92. The van der Waals surface area contributed by atoms with Crippen molar-refractivity contribution in [3.8, 4) is 0 Å². The lowest BCUT2D eigenvalue weighted by atomic mass is 9.59. The summed E-state index contributed by atoms with van der Waals surface area (Å²) < 4.78 is 0. The minimum absolute atomic E-state index is 0.0567. The molecule has 0 amide bonds. The Balaban J connectivity index is 2.07. The minimum Gasteiger partial charge on any atom is -0.377 e. The van der Waals surface area contributed by atoms with E-state index in [1.165, 1.54) is 0 Å². The van der Waals surface area contributed by atoms with Crippen LogP contribution in [-0.4, -0.2) is 10.9 Å². The van der Waals surface area contributed by atoms with E-state index < -0.39 is 5.60 Å². The molecule has 0 saturated heterocycles. The van der Waals surface area contributed by atoms with Gasteiger partial charge in [0, 0.05) is 5.92 Å². The van der Waals surface area contributed by atoms with Gasteiger partial charge in [0.25, 0.3) is 0 Å². The maximum Gasteiger partial charge on any atom is 0.172 e. The van der Waals surface area contributed by atoms with Crippen molar-refractivity contribution in [3.63, 3.8) is 0 Å². The molecule has 2 nitrogen and oxygen atoms in total. The first kappa shape index (κ1) is 10.0. The number of aliphatic hydroxyl groups is 1. The molecule has 3 aliphatic carbocycles. The maximum atomic E-state index is 12.3. The van der Waals surface area contributed by atoms with Crippen molar-refractivity contribution < 1.29 is 9.90 Å². The Bertz CT molecular complexity index is 404. The monoisotopic (exact) mass is 216 g/mol. The van der Waals surface area contributed by atoms with Gasteiger partial charge < -0.3 is 5.11 Å². The quantitative estimate of drug-likeness (QED) is 0.781. The molecule has 3 aliphatic rings. The molecule has 0 spiro atoms. The standard InChI is InChI=1S/C14H16O2/c15-13-10-6-8-12(9-7-10)14(13,16)11-4-2-1-3-5-11/h1-5,10,12,16H,6-9H2/t10?,12?,14-/m1/s1. The minimum atomic E-state index is -1.19. The zero-order valence-electron chi connectivity index (χ0n) is 9.23. The van der Waals surface area contributed by atoms with Crippen LogP contribution >= 0.6 is 0 Å². The second kappa shape index (κ2) is 3.42. The van der Waals surface area contributed by atoms with Crippen molar-refractivity contribution in [2.24, 2.45) is 11.8 Å². The van der Waals surface area contributed by atoms with Crippen molar-refractivity contribution in [2.75, 3.05) is 0 Å². The summed E-state index contributed by atoms with van der Waals surface area (Å²) in [5.74, 6) is 0.281. The van der Waals surface area contributed by atoms with Gasteiger partial charge in [-0.3, -0.25) is 4.79 Å². The molecular weight excluding hydrogens is 200 g/mol. The molecule has 3 fully saturated rings. The van der Waals surface area contributed by atoms with E-state index in [-0.39, 0.29) is 17.6 Å². The number of carbonyl (C=O) groups is 1. The van der Waals surface area contributed by atoms with Crippen LogP contribution in [0.1, 0.15) is 31.2 Å².